The summed E-state index contributed by atoms with van der Waals surface area (Å²) >= 11 is 0. The lowest BCUT2D eigenvalue weighted by molar-refractivity contribution is -0.131. The molecular formula is C17H27N3O. The summed E-state index contributed by atoms with van der Waals surface area (Å²) in [5, 5.41) is 0. The summed E-state index contributed by atoms with van der Waals surface area (Å²) in [6, 6.07) is 8.46. The quantitative estimate of drug-likeness (QED) is 0.901. The number of hydrogen-bond acceptors (Lipinski definition) is 3. The maximum absolute atomic E-state index is 12.3. The zero-order valence-electron chi connectivity index (χ0n) is 13.4. The summed E-state index contributed by atoms with van der Waals surface area (Å²) in [6.45, 7) is 6.31. The molecule has 0 aromatic heterocycles. The fourth-order valence-electron chi connectivity index (χ4n) is 3.10. The fraction of sp³-hybridized carbons (Fsp3) is 0.588. The van der Waals surface area contributed by atoms with E-state index in [0.29, 0.717) is 6.54 Å². The van der Waals surface area contributed by atoms with E-state index in [1.165, 1.54) is 11.1 Å². The molecule has 2 N–H and O–H groups in total. The standard InChI is InChI=1S/C17H27N3O/c1-13-6-8-15(9-7-13)17(14(2)18)19(3)12-16(21)20-10-4-5-11-20/h6-9,14,17H,4-5,10-12,18H2,1-3H3. The first-order valence-corrected chi connectivity index (χ1v) is 7.79. The monoisotopic (exact) mass is 289 g/mol. The van der Waals surface area contributed by atoms with Gasteiger partial charge in [-0.25, -0.2) is 0 Å². The Kier molecular flexibility index (Phi) is 5.37. The van der Waals surface area contributed by atoms with Crippen LogP contribution in [0.4, 0.5) is 0 Å². The van der Waals surface area contributed by atoms with Gasteiger partial charge in [0.1, 0.15) is 0 Å². The first-order chi connectivity index (χ1) is 9.99. The first-order valence-electron chi connectivity index (χ1n) is 7.79. The van der Waals surface area contributed by atoms with Crippen LogP contribution >= 0.6 is 0 Å². The normalized spacial score (nSPS) is 18.0. The average molecular weight is 289 g/mol. The summed E-state index contributed by atoms with van der Waals surface area (Å²) in [5.74, 6) is 0.216. The summed E-state index contributed by atoms with van der Waals surface area (Å²) < 4.78 is 0. The van der Waals surface area contributed by atoms with Crippen LogP contribution in [0.5, 0.6) is 0 Å². The van der Waals surface area contributed by atoms with Gasteiger partial charge in [0.05, 0.1) is 6.54 Å². The lowest BCUT2D eigenvalue weighted by Gasteiger charge is -2.32. The Morgan fingerprint density at radius 3 is 2.38 bits per heavy atom. The number of hydrogen-bond donors (Lipinski definition) is 1. The molecule has 116 valence electrons. The van der Waals surface area contributed by atoms with Crippen molar-refractivity contribution in [2.75, 3.05) is 26.7 Å². The zero-order valence-corrected chi connectivity index (χ0v) is 13.4. The lowest BCUT2D eigenvalue weighted by atomic mass is 9.98. The second-order valence-corrected chi connectivity index (χ2v) is 6.22. The highest BCUT2D eigenvalue weighted by atomic mass is 16.2. The van der Waals surface area contributed by atoms with Crippen LogP contribution in [0, 0.1) is 6.92 Å². The number of carbonyl (C=O) groups excluding carboxylic acids is 1. The molecule has 2 unspecified atom stereocenters. The molecule has 1 aromatic carbocycles. The van der Waals surface area contributed by atoms with Crippen molar-refractivity contribution in [3.05, 3.63) is 35.4 Å². The van der Waals surface area contributed by atoms with E-state index in [4.69, 9.17) is 5.73 Å². The molecule has 2 rings (SSSR count). The van der Waals surface area contributed by atoms with E-state index in [9.17, 15) is 4.79 Å². The second-order valence-electron chi connectivity index (χ2n) is 6.22. The van der Waals surface area contributed by atoms with E-state index in [2.05, 4.69) is 36.1 Å². The van der Waals surface area contributed by atoms with E-state index >= 15 is 0 Å². The highest BCUT2D eigenvalue weighted by Gasteiger charge is 2.25. The number of nitrogens with zero attached hydrogens (tertiary/aromatic N) is 2. The molecule has 1 fully saturated rings. The smallest absolute Gasteiger partial charge is 0.236 e. The van der Waals surface area contributed by atoms with Gasteiger partial charge in [-0.15, -0.1) is 0 Å². The molecule has 0 saturated carbocycles. The van der Waals surface area contributed by atoms with Gasteiger partial charge >= 0.3 is 0 Å². The molecule has 1 saturated heterocycles. The van der Waals surface area contributed by atoms with E-state index < -0.39 is 0 Å². The van der Waals surface area contributed by atoms with E-state index in [1.807, 2.05) is 18.9 Å². The van der Waals surface area contributed by atoms with E-state index in [1.54, 1.807) is 0 Å². The number of likely N-dealkylation sites (tertiary alicyclic amines) is 1. The third-order valence-electron chi connectivity index (χ3n) is 4.24. The van der Waals surface area contributed by atoms with Crippen molar-refractivity contribution in [3.63, 3.8) is 0 Å². The Morgan fingerprint density at radius 2 is 1.86 bits per heavy atom. The van der Waals surface area contributed by atoms with Crippen LogP contribution in [-0.4, -0.2) is 48.4 Å². The number of aryl methyl sites for hydroxylation is 1. The van der Waals surface area contributed by atoms with Crippen molar-refractivity contribution in [1.82, 2.24) is 9.80 Å². The van der Waals surface area contributed by atoms with Crippen LogP contribution in [0.3, 0.4) is 0 Å². The van der Waals surface area contributed by atoms with Crippen LogP contribution in [0.1, 0.15) is 36.9 Å². The Labute approximate surface area is 127 Å². The maximum Gasteiger partial charge on any atom is 0.236 e. The molecule has 1 heterocycles. The SMILES string of the molecule is Cc1ccc(C(C(C)N)N(C)CC(=O)N2CCCC2)cc1. The summed E-state index contributed by atoms with van der Waals surface area (Å²) in [4.78, 5) is 16.4. The topological polar surface area (TPSA) is 49.6 Å². The molecule has 0 radical (unpaired) electrons. The van der Waals surface area contributed by atoms with Gasteiger partial charge in [0, 0.05) is 25.2 Å². The number of likely N-dealkylation sites (N-methyl/N-ethyl adjacent to an activating group) is 1. The molecule has 4 nitrogen and oxygen atoms in total. The molecule has 1 aliphatic heterocycles. The Morgan fingerprint density at radius 1 is 1.29 bits per heavy atom. The molecule has 0 aliphatic carbocycles. The van der Waals surface area contributed by atoms with Crippen molar-refractivity contribution in [2.45, 2.75) is 38.8 Å². The molecule has 2 atom stereocenters. The van der Waals surface area contributed by atoms with Gasteiger partial charge in [-0.2, -0.15) is 0 Å². The molecule has 1 aromatic rings. The summed E-state index contributed by atoms with van der Waals surface area (Å²) in [5.41, 5.74) is 8.58. The molecule has 0 bridgehead atoms. The predicted octanol–water partition coefficient (Wildman–Crippen LogP) is 1.94. The molecule has 1 amide bonds. The average Bonchev–Trinajstić information content (AvgIpc) is 2.95. The Bertz CT molecular complexity index is 463. The Balaban J connectivity index is 2.06. The van der Waals surface area contributed by atoms with Crippen molar-refractivity contribution >= 4 is 5.91 Å². The van der Waals surface area contributed by atoms with Crippen LogP contribution in [0.2, 0.25) is 0 Å². The van der Waals surface area contributed by atoms with Gasteiger partial charge in [0.15, 0.2) is 0 Å². The first kappa shape index (κ1) is 16.0. The largest absolute Gasteiger partial charge is 0.342 e. The van der Waals surface area contributed by atoms with Crippen molar-refractivity contribution in [1.29, 1.82) is 0 Å². The maximum atomic E-state index is 12.3. The number of rotatable bonds is 5. The second kappa shape index (κ2) is 7.05. The molecule has 0 spiro atoms. The fourth-order valence-corrected chi connectivity index (χ4v) is 3.10. The van der Waals surface area contributed by atoms with E-state index in [-0.39, 0.29) is 18.0 Å². The molecule has 21 heavy (non-hydrogen) atoms. The third-order valence-corrected chi connectivity index (χ3v) is 4.24. The van der Waals surface area contributed by atoms with Gasteiger partial charge in [-0.3, -0.25) is 9.69 Å². The number of benzene rings is 1. The van der Waals surface area contributed by atoms with Gasteiger partial charge in [0.25, 0.3) is 0 Å². The van der Waals surface area contributed by atoms with Crippen LogP contribution < -0.4 is 5.73 Å². The minimum atomic E-state index is -0.0240. The number of amides is 1. The molecule has 1 aliphatic rings. The minimum absolute atomic E-state index is 0.0240. The Hall–Kier alpha value is -1.39. The van der Waals surface area contributed by atoms with Gasteiger partial charge < -0.3 is 10.6 Å². The lowest BCUT2D eigenvalue weighted by Crippen LogP contribution is -2.43. The summed E-state index contributed by atoms with van der Waals surface area (Å²) in [6.07, 6.45) is 2.26. The highest BCUT2D eigenvalue weighted by molar-refractivity contribution is 5.78. The van der Waals surface area contributed by atoms with Gasteiger partial charge in [-0.05, 0) is 39.3 Å². The van der Waals surface area contributed by atoms with Crippen LogP contribution in [0.15, 0.2) is 24.3 Å². The summed E-state index contributed by atoms with van der Waals surface area (Å²) in [7, 11) is 1.99. The van der Waals surface area contributed by atoms with Crippen molar-refractivity contribution in [2.24, 2.45) is 5.73 Å². The van der Waals surface area contributed by atoms with Crippen LogP contribution in [-0.2, 0) is 4.79 Å². The minimum Gasteiger partial charge on any atom is -0.342 e. The third kappa shape index (κ3) is 4.05. The van der Waals surface area contributed by atoms with Gasteiger partial charge in [0.2, 0.25) is 5.91 Å². The predicted molar refractivity (Wildman–Crippen MR) is 86.0 cm³/mol. The van der Waals surface area contributed by atoms with Gasteiger partial charge in [-0.1, -0.05) is 29.8 Å². The van der Waals surface area contributed by atoms with Crippen LogP contribution in [0.25, 0.3) is 0 Å². The van der Waals surface area contributed by atoms with Crippen molar-refractivity contribution < 1.29 is 4.79 Å². The zero-order chi connectivity index (χ0) is 15.4. The number of carbonyl (C=O) groups is 1. The highest BCUT2D eigenvalue weighted by Crippen LogP contribution is 2.23. The molecular weight excluding hydrogens is 262 g/mol. The van der Waals surface area contributed by atoms with E-state index in [0.717, 1.165) is 25.9 Å². The number of nitrogens with two attached hydrogens (primary N) is 1. The molecule has 4 heteroatoms. The van der Waals surface area contributed by atoms with Crippen molar-refractivity contribution in [3.8, 4) is 0 Å².